The Hall–Kier alpha value is -2.84. The number of aromatic nitrogens is 2. The van der Waals surface area contributed by atoms with Crippen molar-refractivity contribution in [1.29, 1.82) is 0 Å². The molecule has 138 valence electrons. The van der Waals surface area contributed by atoms with E-state index in [4.69, 9.17) is 11.6 Å². The van der Waals surface area contributed by atoms with Gasteiger partial charge in [0.1, 0.15) is 10.8 Å². The smallest absolute Gasteiger partial charge is 0.274 e. The quantitative estimate of drug-likeness (QED) is 0.701. The predicted molar refractivity (Wildman–Crippen MR) is 101 cm³/mol. The lowest BCUT2D eigenvalue weighted by molar-refractivity contribution is 0.0682. The summed E-state index contributed by atoms with van der Waals surface area (Å²) in [6, 6.07) is 4.67. The molecule has 2 aromatic heterocycles. The van der Waals surface area contributed by atoms with Gasteiger partial charge in [-0.25, -0.2) is 4.98 Å². The fraction of sp³-hybridized carbons (Fsp3) is 0.167. The van der Waals surface area contributed by atoms with Crippen LogP contribution in [0.5, 0.6) is 11.5 Å². The highest BCUT2D eigenvalue weighted by atomic mass is 35.5. The standard InChI is InChI=1S/C18H14ClN3O4S/c19-11-2-1-10(13(23)7-11)8-22-5-4-21-9-12(17-20-3-6-27-17)15(24)16(25)14(21)18(22)26/h1-3,6-7,9,23,25H,4-5,8H2. The number of phenols is 1. The molecule has 2 N–H and O–H groups in total. The van der Waals surface area contributed by atoms with Gasteiger partial charge in [-0.2, -0.15) is 0 Å². The van der Waals surface area contributed by atoms with Gasteiger partial charge in [0.15, 0.2) is 11.4 Å². The molecule has 0 unspecified atom stereocenters. The Morgan fingerprint density at radius 1 is 1.22 bits per heavy atom. The summed E-state index contributed by atoms with van der Waals surface area (Å²) in [7, 11) is 0. The van der Waals surface area contributed by atoms with Crippen molar-refractivity contribution in [3.05, 3.63) is 62.5 Å². The zero-order valence-corrected chi connectivity index (χ0v) is 15.5. The van der Waals surface area contributed by atoms with Gasteiger partial charge >= 0.3 is 0 Å². The Morgan fingerprint density at radius 2 is 2.04 bits per heavy atom. The lowest BCUT2D eigenvalue weighted by Crippen LogP contribution is -2.41. The fourth-order valence-corrected chi connectivity index (χ4v) is 3.88. The van der Waals surface area contributed by atoms with E-state index >= 15 is 0 Å². The van der Waals surface area contributed by atoms with Gasteiger partial charge in [0.05, 0.1) is 5.56 Å². The minimum Gasteiger partial charge on any atom is -0.508 e. The predicted octanol–water partition coefficient (Wildman–Crippen LogP) is 2.69. The van der Waals surface area contributed by atoms with Crippen molar-refractivity contribution in [2.75, 3.05) is 6.54 Å². The van der Waals surface area contributed by atoms with Crippen LogP contribution in [0.25, 0.3) is 10.6 Å². The average Bonchev–Trinajstić information content (AvgIpc) is 3.16. The van der Waals surface area contributed by atoms with Crippen LogP contribution in [0.1, 0.15) is 16.1 Å². The minimum absolute atomic E-state index is 0.0124. The molecule has 0 aliphatic carbocycles. The summed E-state index contributed by atoms with van der Waals surface area (Å²) in [5.74, 6) is -1.07. The molecule has 0 radical (unpaired) electrons. The molecule has 27 heavy (non-hydrogen) atoms. The number of hydrogen-bond donors (Lipinski definition) is 2. The maximum absolute atomic E-state index is 12.9. The number of halogens is 1. The second-order valence-electron chi connectivity index (χ2n) is 6.10. The normalized spacial score (nSPS) is 13.7. The molecule has 0 spiro atoms. The van der Waals surface area contributed by atoms with Crippen molar-refractivity contribution >= 4 is 28.8 Å². The molecule has 1 aliphatic heterocycles. The van der Waals surface area contributed by atoms with Crippen LogP contribution in [-0.2, 0) is 13.1 Å². The molecular weight excluding hydrogens is 390 g/mol. The van der Waals surface area contributed by atoms with Crippen molar-refractivity contribution in [2.24, 2.45) is 0 Å². The largest absolute Gasteiger partial charge is 0.508 e. The molecule has 0 fully saturated rings. The van der Waals surface area contributed by atoms with Crippen LogP contribution in [0.2, 0.25) is 5.02 Å². The third kappa shape index (κ3) is 3.07. The summed E-state index contributed by atoms with van der Waals surface area (Å²) in [5, 5.41) is 23.0. The molecule has 9 heteroatoms. The number of hydrogen-bond acceptors (Lipinski definition) is 6. The SMILES string of the molecule is O=C1c2c(O)c(=O)c(-c3nccs3)cn2CCN1Cc1ccc(Cl)cc1O. The zero-order chi connectivity index (χ0) is 19.1. The van der Waals surface area contributed by atoms with E-state index in [9.17, 15) is 19.8 Å². The number of nitrogens with zero attached hydrogens (tertiary/aromatic N) is 3. The van der Waals surface area contributed by atoms with E-state index in [1.807, 2.05) is 0 Å². The van der Waals surface area contributed by atoms with Crippen LogP contribution in [-0.4, -0.2) is 37.1 Å². The molecule has 3 aromatic rings. The van der Waals surface area contributed by atoms with Gasteiger partial charge in [0.2, 0.25) is 5.43 Å². The van der Waals surface area contributed by atoms with E-state index in [-0.39, 0.29) is 23.6 Å². The van der Waals surface area contributed by atoms with Crippen LogP contribution in [0.15, 0.2) is 40.8 Å². The topological polar surface area (TPSA) is 95.7 Å². The Balaban J connectivity index is 1.70. The van der Waals surface area contributed by atoms with Crippen molar-refractivity contribution in [3.63, 3.8) is 0 Å². The van der Waals surface area contributed by atoms with Gasteiger partial charge in [-0.3, -0.25) is 9.59 Å². The van der Waals surface area contributed by atoms with Gasteiger partial charge in [0, 0.05) is 48.0 Å². The van der Waals surface area contributed by atoms with E-state index in [2.05, 4.69) is 4.98 Å². The average molecular weight is 404 g/mol. The van der Waals surface area contributed by atoms with Crippen LogP contribution < -0.4 is 5.43 Å². The highest BCUT2D eigenvalue weighted by Gasteiger charge is 2.30. The van der Waals surface area contributed by atoms with Crippen molar-refractivity contribution in [1.82, 2.24) is 14.5 Å². The lowest BCUT2D eigenvalue weighted by atomic mass is 10.1. The summed E-state index contributed by atoms with van der Waals surface area (Å²) in [4.78, 5) is 31.0. The van der Waals surface area contributed by atoms with Crippen LogP contribution in [0.3, 0.4) is 0 Å². The number of pyridine rings is 1. The van der Waals surface area contributed by atoms with Crippen molar-refractivity contribution < 1.29 is 15.0 Å². The second-order valence-corrected chi connectivity index (χ2v) is 7.43. The summed E-state index contributed by atoms with van der Waals surface area (Å²) in [6.07, 6.45) is 3.14. The summed E-state index contributed by atoms with van der Waals surface area (Å²) in [5.41, 5.74) is 0.117. The molecule has 0 atom stereocenters. The molecule has 7 nitrogen and oxygen atoms in total. The van der Waals surface area contributed by atoms with Crippen LogP contribution in [0.4, 0.5) is 0 Å². The Morgan fingerprint density at radius 3 is 2.74 bits per heavy atom. The number of aromatic hydroxyl groups is 2. The molecule has 0 saturated carbocycles. The Kier molecular flexibility index (Phi) is 4.37. The number of amides is 1. The van der Waals surface area contributed by atoms with E-state index in [1.165, 1.54) is 22.3 Å². The molecule has 4 rings (SSSR count). The number of benzene rings is 1. The van der Waals surface area contributed by atoms with E-state index < -0.39 is 17.1 Å². The van der Waals surface area contributed by atoms with Gasteiger partial charge in [0.25, 0.3) is 5.91 Å². The van der Waals surface area contributed by atoms with E-state index in [0.717, 1.165) is 0 Å². The summed E-state index contributed by atoms with van der Waals surface area (Å²) in [6.45, 7) is 0.916. The third-order valence-electron chi connectivity index (χ3n) is 4.43. The number of fused-ring (bicyclic) bond motifs is 1. The first kappa shape index (κ1) is 17.6. The zero-order valence-electron chi connectivity index (χ0n) is 13.9. The first-order chi connectivity index (χ1) is 13.0. The van der Waals surface area contributed by atoms with E-state index in [1.54, 1.807) is 34.5 Å². The van der Waals surface area contributed by atoms with E-state index in [0.29, 0.717) is 28.7 Å². The molecule has 0 bridgehead atoms. The molecule has 1 aromatic carbocycles. The molecular formula is C18H14ClN3O4S. The van der Waals surface area contributed by atoms with Crippen LogP contribution in [0, 0.1) is 0 Å². The highest BCUT2D eigenvalue weighted by Crippen LogP contribution is 2.28. The van der Waals surface area contributed by atoms with Gasteiger partial charge in [-0.05, 0) is 12.1 Å². The second kappa shape index (κ2) is 6.71. The number of phenolic OH excluding ortho intramolecular Hbond substituents is 1. The molecule has 3 heterocycles. The Labute approximate surface area is 162 Å². The number of carbonyl (C=O) groups is 1. The maximum Gasteiger partial charge on any atom is 0.274 e. The monoisotopic (exact) mass is 403 g/mol. The minimum atomic E-state index is -0.624. The summed E-state index contributed by atoms with van der Waals surface area (Å²) >= 11 is 7.12. The summed E-state index contributed by atoms with van der Waals surface area (Å²) < 4.78 is 1.58. The maximum atomic E-state index is 12.9. The highest BCUT2D eigenvalue weighted by molar-refractivity contribution is 7.13. The molecule has 1 aliphatic rings. The Bertz CT molecular complexity index is 1090. The van der Waals surface area contributed by atoms with Crippen molar-refractivity contribution in [2.45, 2.75) is 13.1 Å². The number of rotatable bonds is 3. The van der Waals surface area contributed by atoms with Gasteiger partial charge in [-0.1, -0.05) is 17.7 Å². The third-order valence-corrected chi connectivity index (χ3v) is 5.47. The van der Waals surface area contributed by atoms with Crippen molar-refractivity contribution in [3.8, 4) is 22.1 Å². The lowest BCUT2D eigenvalue weighted by Gasteiger charge is -2.30. The van der Waals surface area contributed by atoms with Gasteiger partial charge in [-0.15, -0.1) is 11.3 Å². The van der Waals surface area contributed by atoms with Gasteiger partial charge < -0.3 is 19.7 Å². The molecule has 1 amide bonds. The van der Waals surface area contributed by atoms with Crippen LogP contribution >= 0.6 is 22.9 Å². The molecule has 0 saturated heterocycles. The fourth-order valence-electron chi connectivity index (χ4n) is 3.07. The first-order valence-electron chi connectivity index (χ1n) is 8.08. The first-order valence-corrected chi connectivity index (χ1v) is 9.34. The number of thiazole rings is 1. The number of carbonyl (C=O) groups excluding carboxylic acids is 1.